The maximum absolute atomic E-state index is 12.4. The van der Waals surface area contributed by atoms with Crippen LogP contribution in [-0.2, 0) is 14.3 Å². The topological polar surface area (TPSA) is 49.9 Å². The van der Waals surface area contributed by atoms with E-state index in [1.807, 2.05) is 9.80 Å². The van der Waals surface area contributed by atoms with Crippen LogP contribution in [0.3, 0.4) is 0 Å². The summed E-state index contributed by atoms with van der Waals surface area (Å²) in [6, 6.07) is 0. The van der Waals surface area contributed by atoms with E-state index in [4.69, 9.17) is 4.74 Å². The van der Waals surface area contributed by atoms with E-state index in [0.717, 1.165) is 38.4 Å². The summed E-state index contributed by atoms with van der Waals surface area (Å²) in [5.74, 6) is 1.55. The molecule has 2 amide bonds. The van der Waals surface area contributed by atoms with Gasteiger partial charge in [-0.1, -0.05) is 0 Å². The quantitative estimate of drug-likeness (QED) is 0.755. The number of hydrogen-bond acceptors (Lipinski definition) is 3. The third kappa shape index (κ3) is 2.12. The van der Waals surface area contributed by atoms with Crippen molar-refractivity contribution in [2.24, 2.45) is 17.8 Å². The van der Waals surface area contributed by atoms with Crippen molar-refractivity contribution in [3.8, 4) is 0 Å². The molecule has 0 bridgehead atoms. The Morgan fingerprint density at radius 3 is 2.70 bits per heavy atom. The molecule has 0 aromatic heterocycles. The molecule has 110 valence electrons. The van der Waals surface area contributed by atoms with Crippen LogP contribution in [0.4, 0.5) is 0 Å². The highest BCUT2D eigenvalue weighted by Crippen LogP contribution is 2.37. The van der Waals surface area contributed by atoms with Crippen LogP contribution in [0.2, 0.25) is 0 Å². The zero-order valence-corrected chi connectivity index (χ0v) is 11.8. The second kappa shape index (κ2) is 4.72. The minimum atomic E-state index is -0.244. The lowest BCUT2D eigenvalue weighted by Gasteiger charge is -2.23. The number of carbonyl (C=O) groups excluding carboxylic acids is 2. The van der Waals surface area contributed by atoms with Gasteiger partial charge in [-0.2, -0.15) is 0 Å². The molecule has 4 fully saturated rings. The number of nitrogens with zero attached hydrogens (tertiary/aromatic N) is 2. The molecule has 4 rings (SSSR count). The smallest absolute Gasteiger partial charge is 0.251 e. The van der Waals surface area contributed by atoms with Crippen molar-refractivity contribution in [1.29, 1.82) is 0 Å². The molecular formula is C15H22N2O3. The Balaban J connectivity index is 1.37. The van der Waals surface area contributed by atoms with Crippen LogP contribution >= 0.6 is 0 Å². The van der Waals surface area contributed by atoms with Gasteiger partial charge in [0, 0.05) is 38.7 Å². The Labute approximate surface area is 119 Å². The zero-order chi connectivity index (χ0) is 13.7. The maximum atomic E-state index is 12.4. The first-order valence-electron chi connectivity index (χ1n) is 7.91. The Morgan fingerprint density at radius 2 is 2.05 bits per heavy atom. The number of carbonyl (C=O) groups is 2. The number of rotatable bonds is 3. The van der Waals surface area contributed by atoms with Crippen molar-refractivity contribution in [1.82, 2.24) is 9.80 Å². The van der Waals surface area contributed by atoms with Crippen LogP contribution in [0.15, 0.2) is 0 Å². The van der Waals surface area contributed by atoms with Crippen molar-refractivity contribution in [3.63, 3.8) is 0 Å². The third-order valence-electron chi connectivity index (χ3n) is 5.22. The normalized spacial score (nSPS) is 36.8. The van der Waals surface area contributed by atoms with Crippen molar-refractivity contribution >= 4 is 11.8 Å². The van der Waals surface area contributed by atoms with E-state index in [-0.39, 0.29) is 23.8 Å². The van der Waals surface area contributed by atoms with Crippen LogP contribution in [0.1, 0.15) is 25.7 Å². The molecule has 5 heteroatoms. The summed E-state index contributed by atoms with van der Waals surface area (Å²) in [6.45, 7) is 3.87. The molecule has 1 aliphatic carbocycles. The average molecular weight is 278 g/mol. The minimum Gasteiger partial charge on any atom is -0.368 e. The average Bonchev–Trinajstić information content (AvgIpc) is 2.89. The second-order valence-corrected chi connectivity index (χ2v) is 6.80. The third-order valence-corrected chi connectivity index (χ3v) is 5.22. The first-order valence-corrected chi connectivity index (χ1v) is 7.91. The molecule has 3 heterocycles. The van der Waals surface area contributed by atoms with Crippen molar-refractivity contribution in [2.45, 2.75) is 31.8 Å². The SMILES string of the molecule is O=C1[C@H]2CN(C(=O)[C@H]3CCCO3)C[C@H]2CN1CC1CC1. The highest BCUT2D eigenvalue weighted by molar-refractivity contribution is 5.86. The minimum absolute atomic E-state index is 0.0547. The van der Waals surface area contributed by atoms with Crippen molar-refractivity contribution in [3.05, 3.63) is 0 Å². The number of amides is 2. The highest BCUT2D eigenvalue weighted by atomic mass is 16.5. The summed E-state index contributed by atoms with van der Waals surface area (Å²) in [5.41, 5.74) is 0. The predicted molar refractivity (Wildman–Crippen MR) is 71.8 cm³/mol. The molecule has 0 aromatic carbocycles. The highest BCUT2D eigenvalue weighted by Gasteiger charge is 2.49. The molecule has 3 aliphatic heterocycles. The fourth-order valence-electron chi connectivity index (χ4n) is 3.88. The van der Waals surface area contributed by atoms with Gasteiger partial charge in [-0.25, -0.2) is 0 Å². The predicted octanol–water partition coefficient (Wildman–Crippen LogP) is 0.492. The molecule has 3 atom stereocenters. The lowest BCUT2D eigenvalue weighted by atomic mass is 10.0. The molecule has 0 spiro atoms. The van der Waals surface area contributed by atoms with Gasteiger partial charge in [0.2, 0.25) is 5.91 Å². The molecule has 0 aromatic rings. The Hall–Kier alpha value is -1.10. The van der Waals surface area contributed by atoms with Crippen LogP contribution < -0.4 is 0 Å². The summed E-state index contributed by atoms with van der Waals surface area (Å²) < 4.78 is 5.47. The first-order chi connectivity index (χ1) is 9.72. The Bertz CT molecular complexity index is 429. The Kier molecular flexibility index (Phi) is 2.98. The number of fused-ring (bicyclic) bond motifs is 1. The van der Waals surface area contributed by atoms with Crippen LogP contribution in [-0.4, -0.2) is 60.5 Å². The van der Waals surface area contributed by atoms with E-state index in [2.05, 4.69) is 0 Å². The summed E-state index contributed by atoms with van der Waals surface area (Å²) in [5, 5.41) is 0. The van der Waals surface area contributed by atoms with Gasteiger partial charge in [0.05, 0.1) is 5.92 Å². The van der Waals surface area contributed by atoms with E-state index in [1.54, 1.807) is 0 Å². The van der Waals surface area contributed by atoms with Crippen LogP contribution in [0.5, 0.6) is 0 Å². The number of hydrogen-bond donors (Lipinski definition) is 0. The van der Waals surface area contributed by atoms with E-state index in [1.165, 1.54) is 12.8 Å². The van der Waals surface area contributed by atoms with E-state index >= 15 is 0 Å². The fourth-order valence-corrected chi connectivity index (χ4v) is 3.88. The molecule has 4 aliphatic rings. The van der Waals surface area contributed by atoms with E-state index < -0.39 is 0 Å². The van der Waals surface area contributed by atoms with Gasteiger partial charge in [0.1, 0.15) is 6.10 Å². The number of likely N-dealkylation sites (tertiary alicyclic amines) is 2. The maximum Gasteiger partial charge on any atom is 0.251 e. The molecule has 3 saturated heterocycles. The van der Waals surface area contributed by atoms with E-state index in [0.29, 0.717) is 19.1 Å². The van der Waals surface area contributed by atoms with Crippen molar-refractivity contribution in [2.75, 3.05) is 32.8 Å². The van der Waals surface area contributed by atoms with Gasteiger partial charge >= 0.3 is 0 Å². The van der Waals surface area contributed by atoms with Gasteiger partial charge in [-0.3, -0.25) is 9.59 Å². The van der Waals surface area contributed by atoms with Gasteiger partial charge in [0.15, 0.2) is 0 Å². The van der Waals surface area contributed by atoms with Gasteiger partial charge < -0.3 is 14.5 Å². The summed E-state index contributed by atoms with van der Waals surface area (Å²) in [4.78, 5) is 28.6. The molecule has 1 saturated carbocycles. The molecule has 0 radical (unpaired) electrons. The first kappa shape index (κ1) is 12.6. The van der Waals surface area contributed by atoms with Gasteiger partial charge in [-0.15, -0.1) is 0 Å². The van der Waals surface area contributed by atoms with Gasteiger partial charge in [-0.05, 0) is 31.6 Å². The summed E-state index contributed by atoms with van der Waals surface area (Å²) in [7, 11) is 0. The molecule has 0 unspecified atom stereocenters. The monoisotopic (exact) mass is 278 g/mol. The number of ether oxygens (including phenoxy) is 1. The van der Waals surface area contributed by atoms with Crippen molar-refractivity contribution < 1.29 is 14.3 Å². The van der Waals surface area contributed by atoms with E-state index in [9.17, 15) is 9.59 Å². The lowest BCUT2D eigenvalue weighted by molar-refractivity contribution is -0.140. The fraction of sp³-hybridized carbons (Fsp3) is 0.867. The summed E-state index contributed by atoms with van der Waals surface area (Å²) in [6.07, 6.45) is 4.13. The van der Waals surface area contributed by atoms with Gasteiger partial charge in [0.25, 0.3) is 5.91 Å². The molecule has 5 nitrogen and oxygen atoms in total. The Morgan fingerprint density at radius 1 is 1.20 bits per heavy atom. The molecule has 0 N–H and O–H groups in total. The van der Waals surface area contributed by atoms with Crippen LogP contribution in [0, 0.1) is 17.8 Å². The second-order valence-electron chi connectivity index (χ2n) is 6.80. The molecular weight excluding hydrogens is 256 g/mol. The zero-order valence-electron chi connectivity index (χ0n) is 11.8. The largest absolute Gasteiger partial charge is 0.368 e. The molecule has 20 heavy (non-hydrogen) atoms. The standard InChI is InChI=1S/C15H22N2O3/c18-14-12-9-17(15(19)13-2-1-5-20-13)8-11(12)7-16(14)6-10-3-4-10/h10-13H,1-9H2/t11-,12+,13-/m1/s1. The lowest BCUT2D eigenvalue weighted by Crippen LogP contribution is -2.40. The summed E-state index contributed by atoms with van der Waals surface area (Å²) >= 11 is 0. The van der Waals surface area contributed by atoms with Crippen LogP contribution in [0.25, 0.3) is 0 Å².